The molecule has 3 aromatic carbocycles. The summed E-state index contributed by atoms with van der Waals surface area (Å²) in [4.78, 5) is 14.7. The highest BCUT2D eigenvalue weighted by Gasteiger charge is 2.23. The first kappa shape index (κ1) is 57.8. The molecule has 4 heteroatoms. The molecule has 4 rings (SSSR count). The van der Waals surface area contributed by atoms with E-state index in [1.165, 1.54) is 234 Å². The number of ketones is 1. The fourth-order valence-corrected chi connectivity index (χ4v) is 9.33. The minimum atomic E-state index is 0. The molecule has 0 saturated carbocycles. The number of carbonyl (C=O) groups is 1. The number of anilines is 2. The predicted molar refractivity (Wildman–Crippen MR) is 289 cm³/mol. The first-order chi connectivity index (χ1) is 31.6. The minimum Gasteiger partial charge on any atom is -0.486 e. The molecule has 0 unspecified atom stereocenters. The second-order valence-corrected chi connectivity index (χ2v) is 19.3. The summed E-state index contributed by atoms with van der Waals surface area (Å²) < 4.78 is 5.85. The standard InChI is InChI=1S/C42H57NO2.C19H40.H3N/c1-3-4-5-6-7-8-9-10-11-12-13-14-15-16-17-18-19-24-36(44)34-45-37-31-29-35(30-32-37)33-40-38-25-20-22-27-41(38)43(2)42-28-23-21-26-39(40)42;1-3-5-7-9-11-13-15-17-19-18-16-14-12-10-8-6-4-2;/h20-23,25-33H,3-19,24,34H2,1-2H3;3-19H2,1-2H3;1H3. The van der Waals surface area contributed by atoms with Crippen molar-refractivity contribution in [2.45, 2.75) is 245 Å². The van der Waals surface area contributed by atoms with Gasteiger partial charge in [-0.25, -0.2) is 0 Å². The number of benzene rings is 3. The second kappa shape index (κ2) is 39.8. The zero-order chi connectivity index (χ0) is 45.6. The molecule has 366 valence electrons. The fourth-order valence-electron chi connectivity index (χ4n) is 9.33. The Labute approximate surface area is 402 Å². The van der Waals surface area contributed by atoms with Crippen LogP contribution in [0.15, 0.2) is 72.8 Å². The van der Waals surface area contributed by atoms with E-state index >= 15 is 0 Å². The third-order valence-electron chi connectivity index (χ3n) is 13.5. The van der Waals surface area contributed by atoms with Crippen LogP contribution in [0.1, 0.15) is 262 Å². The van der Waals surface area contributed by atoms with E-state index in [0.29, 0.717) is 6.42 Å². The molecule has 1 aliphatic rings. The lowest BCUT2D eigenvalue weighted by atomic mass is 9.89. The number of hydrogen-bond acceptors (Lipinski definition) is 4. The third kappa shape index (κ3) is 26.5. The van der Waals surface area contributed by atoms with Gasteiger partial charge < -0.3 is 15.8 Å². The lowest BCUT2D eigenvalue weighted by Gasteiger charge is -2.31. The molecule has 65 heavy (non-hydrogen) atoms. The monoisotopic (exact) mass is 893 g/mol. The number of Topliss-reactive ketones (excluding diaryl/α,β-unsaturated/α-hetero) is 1. The molecule has 0 aromatic heterocycles. The number of rotatable bonds is 38. The van der Waals surface area contributed by atoms with Crippen molar-refractivity contribution in [2.24, 2.45) is 0 Å². The van der Waals surface area contributed by atoms with Crippen molar-refractivity contribution in [3.8, 4) is 5.75 Å². The average molecular weight is 893 g/mol. The number of para-hydroxylation sites is 2. The van der Waals surface area contributed by atoms with Crippen molar-refractivity contribution in [3.63, 3.8) is 0 Å². The van der Waals surface area contributed by atoms with Crippen molar-refractivity contribution in [2.75, 3.05) is 18.6 Å². The SMILES string of the molecule is CCCCCCCCCCCCCCCCCCC.CCCCCCCCCCCCCCCCCCCC(=O)COc1ccc(C=C2c3ccccc3N(C)c3ccccc32)cc1.N. The van der Waals surface area contributed by atoms with Gasteiger partial charge in [0.25, 0.3) is 0 Å². The first-order valence-corrected chi connectivity index (χ1v) is 27.5. The Kier molecular flexibility index (Phi) is 35.3. The lowest BCUT2D eigenvalue weighted by molar-refractivity contribution is -0.121. The molecule has 0 fully saturated rings. The largest absolute Gasteiger partial charge is 0.486 e. The third-order valence-corrected chi connectivity index (χ3v) is 13.5. The number of nitrogens with zero attached hydrogens (tertiary/aromatic N) is 1. The molecule has 4 nitrogen and oxygen atoms in total. The van der Waals surface area contributed by atoms with Gasteiger partial charge in [-0.2, -0.15) is 0 Å². The van der Waals surface area contributed by atoms with Crippen LogP contribution in [-0.2, 0) is 4.79 Å². The molecule has 0 amide bonds. The summed E-state index contributed by atoms with van der Waals surface area (Å²) in [5, 5.41) is 0. The minimum absolute atomic E-state index is 0. The summed E-state index contributed by atoms with van der Waals surface area (Å²) >= 11 is 0. The van der Waals surface area contributed by atoms with E-state index in [1.54, 1.807) is 0 Å². The summed E-state index contributed by atoms with van der Waals surface area (Å²) in [6.07, 6.45) is 50.8. The highest BCUT2D eigenvalue weighted by Crippen LogP contribution is 2.44. The molecule has 1 heterocycles. The maximum atomic E-state index is 12.4. The van der Waals surface area contributed by atoms with Crippen LogP contribution in [0.4, 0.5) is 11.4 Å². The van der Waals surface area contributed by atoms with Gasteiger partial charge in [-0.05, 0) is 47.9 Å². The molecule has 0 atom stereocenters. The number of hydrogen-bond donors (Lipinski definition) is 1. The van der Waals surface area contributed by atoms with Crippen LogP contribution in [0.3, 0.4) is 0 Å². The van der Waals surface area contributed by atoms with Crippen LogP contribution in [0, 0.1) is 0 Å². The van der Waals surface area contributed by atoms with Crippen LogP contribution >= 0.6 is 0 Å². The van der Waals surface area contributed by atoms with Gasteiger partial charge in [0.15, 0.2) is 5.78 Å². The van der Waals surface area contributed by atoms with Gasteiger partial charge in [-0.3, -0.25) is 4.79 Å². The highest BCUT2D eigenvalue weighted by atomic mass is 16.5. The molecule has 0 saturated heterocycles. The number of ether oxygens (including phenoxy) is 1. The Balaban J connectivity index is 0.000000614. The Morgan fingerprint density at radius 1 is 0.431 bits per heavy atom. The van der Waals surface area contributed by atoms with Gasteiger partial charge in [0.2, 0.25) is 0 Å². The highest BCUT2D eigenvalue weighted by molar-refractivity contribution is 6.03. The number of fused-ring (bicyclic) bond motifs is 2. The van der Waals surface area contributed by atoms with Gasteiger partial charge >= 0.3 is 0 Å². The molecule has 3 aromatic rings. The van der Waals surface area contributed by atoms with Crippen molar-refractivity contribution < 1.29 is 9.53 Å². The summed E-state index contributed by atoms with van der Waals surface area (Å²) in [6.45, 7) is 7.04. The molecule has 1 aliphatic heterocycles. The molecule has 0 radical (unpaired) electrons. The topological polar surface area (TPSA) is 64.5 Å². The normalized spacial score (nSPS) is 11.6. The Hall–Kier alpha value is -3.37. The summed E-state index contributed by atoms with van der Waals surface area (Å²) in [7, 11) is 2.13. The van der Waals surface area contributed by atoms with E-state index in [0.717, 1.165) is 24.2 Å². The second-order valence-electron chi connectivity index (χ2n) is 19.3. The van der Waals surface area contributed by atoms with Crippen molar-refractivity contribution in [3.05, 3.63) is 89.5 Å². The van der Waals surface area contributed by atoms with Crippen molar-refractivity contribution in [1.29, 1.82) is 0 Å². The molecular weight excluding hydrogens is 793 g/mol. The maximum absolute atomic E-state index is 12.4. The Bertz CT molecular complexity index is 1530. The van der Waals surface area contributed by atoms with Gasteiger partial charge in [0.1, 0.15) is 12.4 Å². The average Bonchev–Trinajstić information content (AvgIpc) is 3.32. The maximum Gasteiger partial charge on any atom is 0.170 e. The van der Waals surface area contributed by atoms with Gasteiger partial charge in [-0.1, -0.05) is 281 Å². The first-order valence-electron chi connectivity index (χ1n) is 27.5. The van der Waals surface area contributed by atoms with Crippen molar-refractivity contribution >= 4 is 28.8 Å². The number of carbonyl (C=O) groups excluding carboxylic acids is 1. The molecule has 0 bridgehead atoms. The van der Waals surface area contributed by atoms with E-state index in [9.17, 15) is 4.79 Å². The van der Waals surface area contributed by atoms with E-state index in [-0.39, 0.29) is 18.5 Å². The van der Waals surface area contributed by atoms with Gasteiger partial charge in [0.05, 0.1) is 0 Å². The zero-order valence-corrected chi connectivity index (χ0v) is 42.9. The predicted octanol–water partition coefficient (Wildman–Crippen LogP) is 20.2. The van der Waals surface area contributed by atoms with E-state index in [4.69, 9.17) is 4.74 Å². The Morgan fingerprint density at radius 2 is 0.738 bits per heavy atom. The van der Waals surface area contributed by atoms with Gasteiger partial charge in [-0.15, -0.1) is 0 Å². The van der Waals surface area contributed by atoms with E-state index < -0.39 is 0 Å². The van der Waals surface area contributed by atoms with Crippen LogP contribution in [0.25, 0.3) is 11.6 Å². The van der Waals surface area contributed by atoms with E-state index in [1.807, 2.05) is 12.1 Å². The Morgan fingerprint density at radius 3 is 1.08 bits per heavy atom. The van der Waals surface area contributed by atoms with Crippen LogP contribution in [0.2, 0.25) is 0 Å². The molecule has 0 spiro atoms. The van der Waals surface area contributed by atoms with Crippen LogP contribution in [0.5, 0.6) is 5.75 Å². The summed E-state index contributed by atoms with van der Waals surface area (Å²) in [6, 6.07) is 25.2. The summed E-state index contributed by atoms with van der Waals surface area (Å²) in [5.74, 6) is 0.943. The molecule has 3 N–H and O–H groups in total. The smallest absolute Gasteiger partial charge is 0.170 e. The zero-order valence-electron chi connectivity index (χ0n) is 42.9. The van der Waals surface area contributed by atoms with Crippen LogP contribution < -0.4 is 15.8 Å². The molecular formula is C61H100N2O2. The molecule has 0 aliphatic carbocycles. The van der Waals surface area contributed by atoms with E-state index in [2.05, 4.69) is 99.5 Å². The van der Waals surface area contributed by atoms with Crippen molar-refractivity contribution in [1.82, 2.24) is 6.15 Å². The summed E-state index contributed by atoms with van der Waals surface area (Å²) in [5.41, 5.74) is 7.21. The quantitative estimate of drug-likeness (QED) is 0.0582. The van der Waals surface area contributed by atoms with Gasteiger partial charge in [0, 0.05) is 36.0 Å². The number of unbranched alkanes of at least 4 members (excludes halogenated alkanes) is 32. The fraction of sp³-hybridized carbons (Fsp3) is 0.656. The van der Waals surface area contributed by atoms with Crippen LogP contribution in [-0.4, -0.2) is 19.4 Å². The lowest BCUT2D eigenvalue weighted by Crippen LogP contribution is -2.17.